The van der Waals surface area contributed by atoms with Gasteiger partial charge >= 0.3 is 6.01 Å². The zero-order valence-corrected chi connectivity index (χ0v) is 18.5. The number of nitrogen functional groups attached to an aromatic ring is 1. The Morgan fingerprint density at radius 3 is 2.97 bits per heavy atom. The Bertz CT molecular complexity index is 950. The highest BCUT2D eigenvalue weighted by molar-refractivity contribution is 6.31. The lowest BCUT2D eigenvalue weighted by atomic mass is 10.1. The minimum Gasteiger partial charge on any atom is -0.463 e. The molecule has 1 aliphatic carbocycles. The number of benzene rings is 1. The number of halogens is 1. The second-order valence-corrected chi connectivity index (χ2v) is 8.60. The molecule has 9 heteroatoms. The molecule has 0 bridgehead atoms. The number of carbonyl (C=O) groups excluding carboxylic acids is 1. The molecule has 4 N–H and O–H groups in total. The third-order valence-corrected chi connectivity index (χ3v) is 5.82. The molecule has 1 saturated carbocycles. The van der Waals surface area contributed by atoms with Crippen molar-refractivity contribution in [3.8, 4) is 6.01 Å². The number of carbonyl (C=O) groups is 1. The number of fused-ring (bicyclic) bond motifs is 1. The van der Waals surface area contributed by atoms with Crippen LogP contribution >= 0.6 is 11.6 Å². The molecule has 2 aromatic rings. The number of ether oxygens (including phenoxy) is 1. The third-order valence-electron chi connectivity index (χ3n) is 5.45. The number of unbranched alkanes of at least 4 members (excludes halogenated alkanes) is 1. The summed E-state index contributed by atoms with van der Waals surface area (Å²) in [6.45, 7) is 5.04. The van der Waals surface area contributed by atoms with E-state index in [1.165, 1.54) is 12.8 Å². The molecule has 0 radical (unpaired) electrons. The molecule has 0 atom stereocenters. The van der Waals surface area contributed by atoms with E-state index in [0.29, 0.717) is 24.7 Å². The van der Waals surface area contributed by atoms with E-state index in [1.54, 1.807) is 0 Å². The maximum absolute atomic E-state index is 12.3. The monoisotopic (exact) mass is 444 g/mol. The Morgan fingerprint density at radius 2 is 2.19 bits per heavy atom. The molecule has 0 unspecified atom stereocenters. The molecule has 1 aromatic heterocycles. The number of aromatic nitrogens is 2. The van der Waals surface area contributed by atoms with Gasteiger partial charge in [0.25, 0.3) is 0 Å². The molecule has 8 nitrogen and oxygen atoms in total. The van der Waals surface area contributed by atoms with Crippen LogP contribution in [0.25, 0.3) is 0 Å². The minimum atomic E-state index is -0.150. The molecule has 1 aromatic carbocycles. The Balaban J connectivity index is 1.52. The van der Waals surface area contributed by atoms with Crippen molar-refractivity contribution >= 4 is 34.8 Å². The van der Waals surface area contributed by atoms with E-state index in [0.717, 1.165) is 48.0 Å². The topological polar surface area (TPSA) is 105 Å². The molecular weight excluding hydrogens is 416 g/mol. The average Bonchev–Trinajstić information content (AvgIpc) is 3.56. The van der Waals surface area contributed by atoms with Gasteiger partial charge in [-0.25, -0.2) is 0 Å². The van der Waals surface area contributed by atoms with Crippen molar-refractivity contribution in [3.05, 3.63) is 34.3 Å². The summed E-state index contributed by atoms with van der Waals surface area (Å²) in [6, 6.07) is 6.19. The van der Waals surface area contributed by atoms with Crippen molar-refractivity contribution in [1.29, 1.82) is 0 Å². The van der Waals surface area contributed by atoms with Crippen LogP contribution in [-0.2, 0) is 17.9 Å². The maximum Gasteiger partial charge on any atom is 0.320 e. The number of anilines is 3. The number of amides is 1. The largest absolute Gasteiger partial charge is 0.463 e. The zero-order valence-electron chi connectivity index (χ0n) is 17.8. The van der Waals surface area contributed by atoms with Crippen LogP contribution in [-0.4, -0.2) is 35.6 Å². The second-order valence-electron chi connectivity index (χ2n) is 8.20. The van der Waals surface area contributed by atoms with Gasteiger partial charge in [0, 0.05) is 18.1 Å². The summed E-state index contributed by atoms with van der Waals surface area (Å²) in [6.07, 6.45) is 4.54. The summed E-state index contributed by atoms with van der Waals surface area (Å²) in [7, 11) is 0. The van der Waals surface area contributed by atoms with Gasteiger partial charge in [-0.05, 0) is 48.9 Å². The number of rotatable bonds is 10. The van der Waals surface area contributed by atoms with E-state index in [1.807, 2.05) is 17.0 Å². The van der Waals surface area contributed by atoms with Gasteiger partial charge in [0.2, 0.25) is 5.91 Å². The van der Waals surface area contributed by atoms with Gasteiger partial charge in [-0.1, -0.05) is 37.1 Å². The van der Waals surface area contributed by atoms with Crippen molar-refractivity contribution in [2.45, 2.75) is 45.7 Å². The molecule has 0 saturated heterocycles. The van der Waals surface area contributed by atoms with Gasteiger partial charge in [-0.3, -0.25) is 4.79 Å². The van der Waals surface area contributed by atoms with E-state index in [-0.39, 0.29) is 24.3 Å². The maximum atomic E-state index is 12.3. The third kappa shape index (κ3) is 5.57. The van der Waals surface area contributed by atoms with Gasteiger partial charge in [0.1, 0.15) is 5.69 Å². The van der Waals surface area contributed by atoms with E-state index >= 15 is 0 Å². The molecule has 0 spiro atoms. The first kappa shape index (κ1) is 21.6. The first-order chi connectivity index (χ1) is 15.0. The second kappa shape index (κ2) is 9.70. The molecule has 166 valence electrons. The molecular formula is C22H29ClN6O2. The lowest BCUT2D eigenvalue weighted by Gasteiger charge is -2.30. The van der Waals surface area contributed by atoms with Crippen LogP contribution in [0.2, 0.25) is 5.02 Å². The first-order valence-electron chi connectivity index (χ1n) is 10.9. The van der Waals surface area contributed by atoms with E-state index < -0.39 is 0 Å². The van der Waals surface area contributed by atoms with E-state index in [4.69, 9.17) is 22.1 Å². The zero-order chi connectivity index (χ0) is 21.8. The highest BCUT2D eigenvalue weighted by Gasteiger charge is 2.27. The van der Waals surface area contributed by atoms with Crippen LogP contribution < -0.4 is 26.0 Å². The van der Waals surface area contributed by atoms with E-state index in [9.17, 15) is 4.79 Å². The van der Waals surface area contributed by atoms with Crippen LogP contribution in [0.15, 0.2) is 18.2 Å². The summed E-state index contributed by atoms with van der Waals surface area (Å²) in [4.78, 5) is 22.9. The summed E-state index contributed by atoms with van der Waals surface area (Å²) in [5.74, 6) is 1.43. The van der Waals surface area contributed by atoms with Crippen molar-refractivity contribution in [1.82, 2.24) is 15.3 Å². The smallest absolute Gasteiger partial charge is 0.320 e. The number of nitrogens with zero attached hydrogens (tertiary/aromatic N) is 3. The van der Waals surface area contributed by atoms with Crippen molar-refractivity contribution in [2.24, 2.45) is 5.92 Å². The van der Waals surface area contributed by atoms with Crippen LogP contribution in [0.1, 0.15) is 43.7 Å². The molecule has 2 heterocycles. The average molecular weight is 445 g/mol. The van der Waals surface area contributed by atoms with Crippen molar-refractivity contribution in [3.63, 3.8) is 0 Å². The number of hydrogen-bond acceptors (Lipinski definition) is 7. The standard InChI is InChI=1S/C22H29ClN6O2/c1-2-3-8-31-22-27-20(24)19-21(28-22)29(13-18(30)26-19)12-15-6-7-17(23)16(9-15)11-25-10-14-4-5-14/h6-7,9,14,25H,2-5,8,10-13H2,1H3,(H,26,30)(H2,24,27,28). The molecule has 1 fully saturated rings. The van der Waals surface area contributed by atoms with Crippen LogP contribution in [0, 0.1) is 5.92 Å². The van der Waals surface area contributed by atoms with Crippen LogP contribution in [0.4, 0.5) is 17.3 Å². The normalized spacial score (nSPS) is 15.5. The number of nitrogens with one attached hydrogen (secondary N) is 2. The summed E-state index contributed by atoms with van der Waals surface area (Å²) in [5, 5.41) is 7.01. The number of hydrogen-bond donors (Lipinski definition) is 3. The molecule has 4 rings (SSSR count). The quantitative estimate of drug-likeness (QED) is 0.482. The molecule has 1 aliphatic heterocycles. The molecule has 2 aliphatic rings. The van der Waals surface area contributed by atoms with Gasteiger partial charge in [0.05, 0.1) is 13.2 Å². The predicted molar refractivity (Wildman–Crippen MR) is 122 cm³/mol. The fourth-order valence-corrected chi connectivity index (χ4v) is 3.72. The first-order valence-corrected chi connectivity index (χ1v) is 11.2. The fourth-order valence-electron chi connectivity index (χ4n) is 3.54. The van der Waals surface area contributed by atoms with Crippen LogP contribution in [0.5, 0.6) is 6.01 Å². The Labute approximate surface area is 187 Å². The number of nitrogens with two attached hydrogens (primary N) is 1. The van der Waals surface area contributed by atoms with Crippen LogP contribution in [0.3, 0.4) is 0 Å². The highest BCUT2D eigenvalue weighted by atomic mass is 35.5. The molecule has 31 heavy (non-hydrogen) atoms. The van der Waals surface area contributed by atoms with E-state index in [2.05, 4.69) is 33.6 Å². The predicted octanol–water partition coefficient (Wildman–Crippen LogP) is 3.35. The van der Waals surface area contributed by atoms with Crippen molar-refractivity contribution < 1.29 is 9.53 Å². The summed E-state index contributed by atoms with van der Waals surface area (Å²) < 4.78 is 5.65. The highest BCUT2D eigenvalue weighted by Crippen LogP contribution is 2.34. The minimum absolute atomic E-state index is 0.150. The van der Waals surface area contributed by atoms with Gasteiger partial charge in [0.15, 0.2) is 11.6 Å². The Hall–Kier alpha value is -2.58. The Morgan fingerprint density at radius 1 is 1.35 bits per heavy atom. The lowest BCUT2D eigenvalue weighted by molar-refractivity contribution is -0.115. The SMILES string of the molecule is CCCCOc1nc(N)c2c(n1)N(Cc1ccc(Cl)c(CNCC3CC3)c1)CC(=O)N2. The molecule has 1 amide bonds. The lowest BCUT2D eigenvalue weighted by Crippen LogP contribution is -2.39. The van der Waals surface area contributed by atoms with Gasteiger partial charge < -0.3 is 26.0 Å². The van der Waals surface area contributed by atoms with Gasteiger partial charge in [-0.2, -0.15) is 9.97 Å². The summed E-state index contributed by atoms with van der Waals surface area (Å²) >= 11 is 6.40. The Kier molecular flexibility index (Phi) is 6.77. The van der Waals surface area contributed by atoms with Crippen molar-refractivity contribution in [2.75, 3.05) is 35.6 Å². The van der Waals surface area contributed by atoms with Gasteiger partial charge in [-0.15, -0.1) is 0 Å². The fraction of sp³-hybridized carbons (Fsp3) is 0.500. The summed E-state index contributed by atoms with van der Waals surface area (Å²) in [5.41, 5.74) is 8.61.